The maximum atomic E-state index is 12.9. The van der Waals surface area contributed by atoms with E-state index in [0.717, 1.165) is 0 Å². The summed E-state index contributed by atoms with van der Waals surface area (Å²) in [5.41, 5.74) is 1.41. The van der Waals surface area contributed by atoms with Crippen molar-refractivity contribution in [3.63, 3.8) is 0 Å². The van der Waals surface area contributed by atoms with Crippen LogP contribution in [0.25, 0.3) is 0 Å². The van der Waals surface area contributed by atoms with Crippen molar-refractivity contribution < 1.29 is 26.4 Å². The third kappa shape index (κ3) is 6.25. The summed E-state index contributed by atoms with van der Waals surface area (Å²) < 4.78 is 61.0. The molecule has 0 saturated heterocycles. The summed E-state index contributed by atoms with van der Waals surface area (Å²) in [5.74, 6) is -0.310. The Hall–Kier alpha value is -3.71. The van der Waals surface area contributed by atoms with Gasteiger partial charge in [0.2, 0.25) is 5.95 Å². The van der Waals surface area contributed by atoms with Crippen molar-refractivity contribution in [2.75, 3.05) is 23.1 Å². The van der Waals surface area contributed by atoms with Crippen molar-refractivity contribution in [1.29, 1.82) is 0 Å². The number of anilines is 2. The van der Waals surface area contributed by atoms with Crippen molar-refractivity contribution in [3.8, 4) is 5.75 Å². The Bertz CT molecular complexity index is 1440. The molecule has 11 nitrogen and oxygen atoms in total. The van der Waals surface area contributed by atoms with Gasteiger partial charge in [-0.15, -0.1) is 0 Å². The van der Waals surface area contributed by atoms with E-state index in [1.54, 1.807) is 26.8 Å². The van der Waals surface area contributed by atoms with Gasteiger partial charge in [0.15, 0.2) is 0 Å². The van der Waals surface area contributed by atoms with Gasteiger partial charge >= 0.3 is 0 Å². The van der Waals surface area contributed by atoms with Crippen LogP contribution in [0.4, 0.5) is 11.6 Å². The number of sulfonamides is 2. The molecule has 1 aromatic heterocycles. The van der Waals surface area contributed by atoms with Crippen LogP contribution >= 0.6 is 0 Å². The van der Waals surface area contributed by atoms with E-state index < -0.39 is 26.0 Å². The molecular weight excluding hydrogens is 494 g/mol. The van der Waals surface area contributed by atoms with Gasteiger partial charge in [-0.3, -0.25) is 9.52 Å². The summed E-state index contributed by atoms with van der Waals surface area (Å²) in [6.07, 6.45) is 0. The van der Waals surface area contributed by atoms with E-state index >= 15 is 0 Å². The number of nitrogens with one attached hydrogen (secondary N) is 3. The summed E-state index contributed by atoms with van der Waals surface area (Å²) in [7, 11) is -6.71. The standard InChI is InChI=1S/C22H25N5O6S2/c1-5-23-21(28)19-13-18(10-11-20(19)33-4)35(31,32)26-16-6-8-17(9-7-16)34(29,30)27-22-24-14(2)12-15(3)25-22/h6-13,26H,5H2,1-4H3,(H,23,28)(H,24,25,27). The monoisotopic (exact) mass is 519 g/mol. The summed E-state index contributed by atoms with van der Waals surface area (Å²) >= 11 is 0. The Labute approximate surface area is 204 Å². The molecule has 186 valence electrons. The molecule has 0 aliphatic carbocycles. The fourth-order valence-corrected chi connectivity index (χ4v) is 5.18. The van der Waals surface area contributed by atoms with E-state index in [9.17, 15) is 21.6 Å². The molecular formula is C22H25N5O6S2. The van der Waals surface area contributed by atoms with E-state index in [1.807, 2.05) is 0 Å². The number of ether oxygens (including phenoxy) is 1. The van der Waals surface area contributed by atoms with Crippen LogP contribution in [0, 0.1) is 13.8 Å². The first-order valence-corrected chi connectivity index (χ1v) is 13.4. The number of aromatic nitrogens is 2. The smallest absolute Gasteiger partial charge is 0.264 e. The summed E-state index contributed by atoms with van der Waals surface area (Å²) in [6, 6.07) is 10.7. The van der Waals surface area contributed by atoms with Crippen molar-refractivity contribution in [2.24, 2.45) is 0 Å². The Kier molecular flexibility index (Phi) is 7.60. The van der Waals surface area contributed by atoms with Crippen molar-refractivity contribution in [2.45, 2.75) is 30.6 Å². The molecule has 0 saturated carbocycles. The van der Waals surface area contributed by atoms with E-state index in [4.69, 9.17) is 4.74 Å². The Morgan fingerprint density at radius 1 is 0.857 bits per heavy atom. The molecule has 3 N–H and O–H groups in total. The lowest BCUT2D eigenvalue weighted by molar-refractivity contribution is 0.0952. The molecule has 0 unspecified atom stereocenters. The average molecular weight is 520 g/mol. The van der Waals surface area contributed by atoms with Crippen molar-refractivity contribution in [3.05, 3.63) is 65.5 Å². The van der Waals surface area contributed by atoms with Gasteiger partial charge in [-0.25, -0.2) is 31.5 Å². The van der Waals surface area contributed by atoms with E-state index in [2.05, 4.69) is 24.7 Å². The van der Waals surface area contributed by atoms with E-state index in [-0.39, 0.29) is 32.7 Å². The minimum Gasteiger partial charge on any atom is -0.496 e. The lowest BCUT2D eigenvalue weighted by atomic mass is 10.2. The normalized spacial score (nSPS) is 11.5. The summed E-state index contributed by atoms with van der Waals surface area (Å²) in [5, 5.41) is 2.60. The number of carbonyl (C=O) groups excluding carboxylic acids is 1. The topological polar surface area (TPSA) is 156 Å². The summed E-state index contributed by atoms with van der Waals surface area (Å²) in [6.45, 7) is 5.53. The third-order valence-corrected chi connectivity index (χ3v) is 7.41. The molecule has 3 aromatic rings. The number of carbonyl (C=O) groups is 1. The van der Waals surface area contributed by atoms with Gasteiger partial charge in [-0.05, 0) is 69.3 Å². The SMILES string of the molecule is CCNC(=O)c1cc(S(=O)(=O)Nc2ccc(S(=O)(=O)Nc3nc(C)cc(C)n3)cc2)ccc1OC. The fourth-order valence-electron chi connectivity index (χ4n) is 3.15. The number of hydrogen-bond acceptors (Lipinski definition) is 8. The Morgan fingerprint density at radius 2 is 1.43 bits per heavy atom. The van der Waals surface area contributed by atoms with Crippen LogP contribution in [-0.4, -0.2) is 46.4 Å². The van der Waals surface area contributed by atoms with Gasteiger partial charge in [0.05, 0.1) is 22.5 Å². The number of nitrogens with zero attached hydrogens (tertiary/aromatic N) is 2. The number of amides is 1. The van der Waals surface area contributed by atoms with Gasteiger partial charge in [-0.1, -0.05) is 0 Å². The number of benzene rings is 2. The molecule has 0 atom stereocenters. The third-order valence-electron chi connectivity index (χ3n) is 4.69. The van der Waals surface area contributed by atoms with Crippen LogP contribution in [-0.2, 0) is 20.0 Å². The molecule has 0 aliphatic rings. The molecule has 0 fully saturated rings. The molecule has 0 aliphatic heterocycles. The second kappa shape index (κ2) is 10.3. The van der Waals surface area contributed by atoms with E-state index in [1.165, 1.54) is 49.6 Å². The quantitative estimate of drug-likeness (QED) is 0.389. The largest absolute Gasteiger partial charge is 0.496 e. The zero-order valence-corrected chi connectivity index (χ0v) is 21.1. The highest BCUT2D eigenvalue weighted by Crippen LogP contribution is 2.25. The molecule has 1 heterocycles. The fraction of sp³-hybridized carbons (Fsp3) is 0.227. The van der Waals surface area contributed by atoms with Crippen LogP contribution in [0.1, 0.15) is 28.7 Å². The van der Waals surface area contributed by atoms with Crippen molar-refractivity contribution >= 4 is 37.6 Å². The lowest BCUT2D eigenvalue weighted by Gasteiger charge is -2.13. The molecule has 1 amide bonds. The number of rotatable bonds is 9. The lowest BCUT2D eigenvalue weighted by Crippen LogP contribution is -2.24. The van der Waals surface area contributed by atoms with Crippen LogP contribution in [0.15, 0.2) is 58.3 Å². The second-order valence-electron chi connectivity index (χ2n) is 7.43. The van der Waals surface area contributed by atoms with Crippen LogP contribution in [0.2, 0.25) is 0 Å². The van der Waals surface area contributed by atoms with Crippen LogP contribution in [0.3, 0.4) is 0 Å². The first-order valence-electron chi connectivity index (χ1n) is 10.4. The second-order valence-corrected chi connectivity index (χ2v) is 10.8. The molecule has 3 rings (SSSR count). The first-order chi connectivity index (χ1) is 16.4. The highest BCUT2D eigenvalue weighted by molar-refractivity contribution is 7.93. The molecule has 0 bridgehead atoms. The van der Waals surface area contributed by atoms with Crippen LogP contribution in [0.5, 0.6) is 5.75 Å². The predicted molar refractivity (Wildman–Crippen MR) is 131 cm³/mol. The zero-order chi connectivity index (χ0) is 25.8. The van der Waals surface area contributed by atoms with Crippen molar-refractivity contribution in [1.82, 2.24) is 15.3 Å². The van der Waals surface area contributed by atoms with Gasteiger partial charge < -0.3 is 10.1 Å². The zero-order valence-electron chi connectivity index (χ0n) is 19.5. The highest BCUT2D eigenvalue weighted by atomic mass is 32.2. The minimum atomic E-state index is -4.09. The molecule has 0 radical (unpaired) electrons. The Morgan fingerprint density at radius 3 is 2.00 bits per heavy atom. The number of aryl methyl sites for hydroxylation is 2. The summed E-state index contributed by atoms with van der Waals surface area (Å²) in [4.78, 5) is 20.1. The van der Waals surface area contributed by atoms with Gasteiger partial charge in [0.25, 0.3) is 26.0 Å². The van der Waals surface area contributed by atoms with Gasteiger partial charge in [0, 0.05) is 23.6 Å². The molecule has 35 heavy (non-hydrogen) atoms. The predicted octanol–water partition coefficient (Wildman–Crippen LogP) is 2.45. The first kappa shape index (κ1) is 25.9. The van der Waals surface area contributed by atoms with Gasteiger partial charge in [-0.2, -0.15) is 0 Å². The number of methoxy groups -OCH3 is 1. The van der Waals surface area contributed by atoms with Crippen LogP contribution < -0.4 is 19.5 Å². The molecule has 2 aromatic carbocycles. The number of hydrogen-bond donors (Lipinski definition) is 3. The highest BCUT2D eigenvalue weighted by Gasteiger charge is 2.21. The minimum absolute atomic E-state index is 0.0605. The van der Waals surface area contributed by atoms with Gasteiger partial charge in [0.1, 0.15) is 5.75 Å². The van der Waals surface area contributed by atoms with E-state index in [0.29, 0.717) is 17.9 Å². The Balaban J connectivity index is 1.82. The molecule has 0 spiro atoms. The average Bonchev–Trinajstić information content (AvgIpc) is 2.78. The molecule has 13 heteroatoms. The maximum absolute atomic E-state index is 12.9. The maximum Gasteiger partial charge on any atom is 0.264 e.